The summed E-state index contributed by atoms with van der Waals surface area (Å²) in [6.45, 7) is 0.0986. The highest BCUT2D eigenvalue weighted by atomic mass is 16.5. The number of ether oxygens (including phenoxy) is 1. The Bertz CT molecular complexity index is 2910. The second kappa shape index (κ2) is 10.2. The maximum Gasteiger partial charge on any atom is 0.250 e. The van der Waals surface area contributed by atoms with Crippen LogP contribution in [0.4, 0.5) is 0 Å². The summed E-state index contributed by atoms with van der Waals surface area (Å²) in [6.07, 6.45) is 0. The molecule has 0 bridgehead atoms. The van der Waals surface area contributed by atoms with E-state index in [1.807, 2.05) is 0 Å². The predicted molar refractivity (Wildman–Crippen MR) is 215 cm³/mol. The number of hydrogen-bond donors (Lipinski definition) is 0. The van der Waals surface area contributed by atoms with E-state index in [1.165, 1.54) is 82.7 Å². The number of benzene rings is 8. The fourth-order valence-electron chi connectivity index (χ4n) is 10.0. The Hall–Kier alpha value is -6.58. The summed E-state index contributed by atoms with van der Waals surface area (Å²) >= 11 is 0. The van der Waals surface area contributed by atoms with E-state index < -0.39 is 0 Å². The minimum absolute atomic E-state index is 0.0986. The van der Waals surface area contributed by atoms with Crippen molar-refractivity contribution in [1.29, 1.82) is 0 Å². The van der Waals surface area contributed by atoms with Crippen LogP contribution < -0.4 is 21.1 Å². The average molecular weight is 660 g/mol. The molecule has 8 aromatic carbocycles. The van der Waals surface area contributed by atoms with Crippen molar-refractivity contribution in [3.63, 3.8) is 0 Å². The van der Waals surface area contributed by atoms with Gasteiger partial charge < -0.3 is 9.30 Å². The third-order valence-corrected chi connectivity index (χ3v) is 11.9. The molecule has 240 valence electrons. The highest BCUT2D eigenvalue weighted by Gasteiger charge is 2.52. The summed E-state index contributed by atoms with van der Waals surface area (Å²) in [6, 6.07) is 66.9. The van der Waals surface area contributed by atoms with Crippen molar-refractivity contribution in [2.24, 2.45) is 0 Å². The van der Waals surface area contributed by atoms with Crippen molar-refractivity contribution in [2.45, 2.75) is 5.41 Å². The number of para-hydroxylation sites is 2. The Morgan fingerprint density at radius 3 is 1.85 bits per heavy atom. The van der Waals surface area contributed by atoms with Gasteiger partial charge >= 0.3 is 0 Å². The van der Waals surface area contributed by atoms with E-state index in [4.69, 9.17) is 4.74 Å². The first kappa shape index (κ1) is 28.2. The van der Waals surface area contributed by atoms with Crippen LogP contribution in [0.3, 0.4) is 0 Å². The summed E-state index contributed by atoms with van der Waals surface area (Å²) in [4.78, 5) is 0. The van der Waals surface area contributed by atoms with Crippen LogP contribution in [0, 0.1) is 0 Å². The van der Waals surface area contributed by atoms with E-state index in [1.54, 1.807) is 0 Å². The van der Waals surface area contributed by atoms with E-state index in [-0.39, 0.29) is 12.1 Å². The molecule has 0 saturated heterocycles. The van der Waals surface area contributed by atoms with Gasteiger partial charge in [0.1, 0.15) is 11.5 Å². The maximum absolute atomic E-state index is 6.73. The van der Waals surface area contributed by atoms with Gasteiger partial charge in [0, 0.05) is 22.5 Å². The highest BCUT2D eigenvalue weighted by molar-refractivity contribution is 6.96. The van der Waals surface area contributed by atoms with E-state index in [0.717, 1.165) is 17.2 Å². The Morgan fingerprint density at radius 2 is 1.06 bits per heavy atom. The molecule has 9 aromatic rings. The highest BCUT2D eigenvalue weighted by Crippen LogP contribution is 2.64. The van der Waals surface area contributed by atoms with Crippen LogP contribution in [-0.2, 0) is 5.41 Å². The molecule has 1 aromatic heterocycles. The van der Waals surface area contributed by atoms with Crippen molar-refractivity contribution in [2.75, 3.05) is 0 Å². The molecule has 52 heavy (non-hydrogen) atoms. The lowest BCUT2D eigenvalue weighted by Crippen LogP contribution is -2.54. The molecular weight excluding hydrogens is 629 g/mol. The molecule has 1 aliphatic heterocycles. The number of hydrogen-bond acceptors (Lipinski definition) is 1. The largest absolute Gasteiger partial charge is 0.458 e. The molecule has 12 rings (SSSR count). The van der Waals surface area contributed by atoms with Gasteiger partial charge in [-0.15, -0.1) is 0 Å². The molecule has 3 aliphatic rings. The van der Waals surface area contributed by atoms with Gasteiger partial charge in [-0.05, 0) is 79.7 Å². The molecule has 0 radical (unpaired) electrons. The van der Waals surface area contributed by atoms with Crippen molar-refractivity contribution in [3.05, 3.63) is 204 Å². The molecule has 2 nitrogen and oxygen atoms in total. The van der Waals surface area contributed by atoms with Gasteiger partial charge in [0.25, 0.3) is 6.71 Å². The number of fused-ring (bicyclic) bond motifs is 16. The lowest BCUT2D eigenvalue weighted by atomic mass is 9.36. The van der Waals surface area contributed by atoms with Crippen LogP contribution in [0.25, 0.3) is 49.7 Å². The molecule has 1 spiro atoms. The topological polar surface area (TPSA) is 14.2 Å². The van der Waals surface area contributed by atoms with Crippen LogP contribution in [-0.4, -0.2) is 11.3 Å². The molecule has 0 unspecified atom stereocenters. The smallest absolute Gasteiger partial charge is 0.250 e. The van der Waals surface area contributed by atoms with Gasteiger partial charge in [-0.1, -0.05) is 157 Å². The fraction of sp³-hybridized carbons (Fsp3) is 0.0204. The summed E-state index contributed by atoms with van der Waals surface area (Å²) in [5, 5.41) is 2.55. The zero-order chi connectivity index (χ0) is 34.0. The zero-order valence-corrected chi connectivity index (χ0v) is 28.3. The lowest BCUT2D eigenvalue weighted by Gasteiger charge is -2.30. The monoisotopic (exact) mass is 659 g/mol. The maximum atomic E-state index is 6.73. The molecule has 0 fully saturated rings. The Balaban J connectivity index is 1.14. The van der Waals surface area contributed by atoms with Gasteiger partial charge in [0.15, 0.2) is 0 Å². The fourth-order valence-corrected chi connectivity index (χ4v) is 10.0. The standard InChI is InChI=1S/C49H30BNO/c1-2-14-31(15-3-1)50-41-23-11-13-25-45(41)52-46-30-32(26-28-42(46)50)51-43-24-12-7-19-36(43)48-44(51)29-27-40-47(48)35-18-6-10-22-39(35)49(40)37-20-8-4-16-33(37)34-17-5-9-21-38(34)49/h1-30H. The molecule has 0 amide bonds. The first-order valence-corrected chi connectivity index (χ1v) is 18.1. The van der Waals surface area contributed by atoms with E-state index in [9.17, 15) is 0 Å². The summed E-state index contributed by atoms with van der Waals surface area (Å²) in [7, 11) is 0. The molecule has 3 heteroatoms. The molecular formula is C49H30BNO. The van der Waals surface area contributed by atoms with Crippen molar-refractivity contribution in [3.8, 4) is 39.4 Å². The minimum atomic E-state index is -0.379. The molecule has 0 saturated carbocycles. The first-order chi connectivity index (χ1) is 25.8. The second-order valence-electron chi connectivity index (χ2n) is 14.3. The van der Waals surface area contributed by atoms with Crippen LogP contribution in [0.2, 0.25) is 0 Å². The van der Waals surface area contributed by atoms with Gasteiger partial charge in [-0.25, -0.2) is 0 Å². The van der Waals surface area contributed by atoms with E-state index in [0.29, 0.717) is 0 Å². The second-order valence-corrected chi connectivity index (χ2v) is 14.3. The Kier molecular flexibility index (Phi) is 5.55. The third-order valence-electron chi connectivity index (χ3n) is 11.9. The first-order valence-electron chi connectivity index (χ1n) is 18.1. The Morgan fingerprint density at radius 1 is 0.442 bits per heavy atom. The number of aromatic nitrogens is 1. The minimum Gasteiger partial charge on any atom is -0.458 e. The third kappa shape index (κ3) is 3.45. The van der Waals surface area contributed by atoms with E-state index in [2.05, 4.69) is 187 Å². The van der Waals surface area contributed by atoms with Gasteiger partial charge in [0.2, 0.25) is 0 Å². The van der Waals surface area contributed by atoms with Gasteiger partial charge in [-0.3, -0.25) is 0 Å². The van der Waals surface area contributed by atoms with E-state index >= 15 is 0 Å². The number of rotatable bonds is 2. The van der Waals surface area contributed by atoms with Gasteiger partial charge in [0.05, 0.1) is 16.4 Å². The summed E-state index contributed by atoms with van der Waals surface area (Å²) in [5.74, 6) is 1.82. The van der Waals surface area contributed by atoms with Crippen molar-refractivity contribution >= 4 is 44.9 Å². The van der Waals surface area contributed by atoms with Crippen LogP contribution in [0.15, 0.2) is 182 Å². The number of nitrogens with zero attached hydrogens (tertiary/aromatic N) is 1. The molecule has 2 heterocycles. The SMILES string of the molecule is c1ccc(B2c3ccccc3Oc3cc(-n4c5ccccc5c5c6c(ccc54)C4(c5ccccc5-c5ccccc54)c4ccccc4-6)ccc32)cc1. The molecule has 2 aliphatic carbocycles. The normalized spacial score (nSPS) is 14.0. The van der Waals surface area contributed by atoms with Crippen LogP contribution >= 0.6 is 0 Å². The molecule has 0 N–H and O–H groups in total. The van der Waals surface area contributed by atoms with Crippen LogP contribution in [0.5, 0.6) is 11.5 Å². The quantitative estimate of drug-likeness (QED) is 0.169. The van der Waals surface area contributed by atoms with Crippen molar-refractivity contribution < 1.29 is 4.74 Å². The lowest BCUT2D eigenvalue weighted by molar-refractivity contribution is 0.487. The van der Waals surface area contributed by atoms with Crippen molar-refractivity contribution in [1.82, 2.24) is 4.57 Å². The zero-order valence-electron chi connectivity index (χ0n) is 28.3. The summed E-state index contributed by atoms with van der Waals surface area (Å²) < 4.78 is 9.17. The summed E-state index contributed by atoms with van der Waals surface area (Å²) in [5.41, 5.74) is 17.5. The average Bonchev–Trinajstić information content (AvgIpc) is 3.82. The predicted octanol–water partition coefficient (Wildman–Crippen LogP) is 9.75. The van der Waals surface area contributed by atoms with Gasteiger partial charge in [-0.2, -0.15) is 0 Å². The van der Waals surface area contributed by atoms with Crippen LogP contribution in [0.1, 0.15) is 22.3 Å². The molecule has 0 atom stereocenters. The Labute approximate surface area is 302 Å².